The summed E-state index contributed by atoms with van der Waals surface area (Å²) in [6.45, 7) is 0.366. The summed E-state index contributed by atoms with van der Waals surface area (Å²) in [5.74, 6) is 1.79. The van der Waals surface area contributed by atoms with Crippen LogP contribution in [0.1, 0.15) is 17.3 Å². The lowest BCUT2D eigenvalue weighted by Gasteiger charge is -2.23. The molecule has 0 saturated heterocycles. The minimum atomic E-state index is -0.379. The highest BCUT2D eigenvalue weighted by molar-refractivity contribution is 6.35. The molecule has 3 aromatic rings. The first kappa shape index (κ1) is 20.3. The number of hydrogen-bond donors (Lipinski definition) is 2. The summed E-state index contributed by atoms with van der Waals surface area (Å²) >= 11 is 12.2. The van der Waals surface area contributed by atoms with Crippen molar-refractivity contribution < 1.29 is 4.74 Å². The van der Waals surface area contributed by atoms with Gasteiger partial charge in [-0.05, 0) is 46.7 Å². The fourth-order valence-electron chi connectivity index (χ4n) is 3.12. The number of nitrogens with one attached hydrogen (secondary N) is 1. The fraction of sp³-hybridized carbons (Fsp3) is 0.182. The number of nitrogens with two attached hydrogens (primary N) is 1. The molecule has 154 valence electrons. The Morgan fingerprint density at radius 1 is 1.00 bits per heavy atom. The van der Waals surface area contributed by atoms with Gasteiger partial charge in [0, 0.05) is 29.7 Å². The Morgan fingerprint density at radius 3 is 2.53 bits per heavy atom. The van der Waals surface area contributed by atoms with E-state index in [1.54, 1.807) is 12.1 Å². The standard InChI is InChI=1S/C22H21Cl2N5O/c1-29(2)22-27-20(26-21(25)28-22)15-4-3-14-10-18(8-6-13(14)9-15)30-12-16-5-7-17(23)11-19(16)24/h3-11,20H,12H2,1-2H3,(H3,25,26,27,28). The molecule has 8 heteroatoms. The number of aliphatic imine (C=N–C) groups is 2. The number of fused-ring (bicyclic) bond motifs is 1. The maximum atomic E-state index is 6.22. The lowest BCUT2D eigenvalue weighted by Crippen LogP contribution is -2.46. The Morgan fingerprint density at radius 2 is 1.77 bits per heavy atom. The summed E-state index contributed by atoms with van der Waals surface area (Å²) < 4.78 is 5.92. The Hall–Kier alpha value is -2.96. The van der Waals surface area contributed by atoms with Crippen LogP contribution in [-0.4, -0.2) is 30.9 Å². The summed E-state index contributed by atoms with van der Waals surface area (Å²) in [6, 6.07) is 17.4. The van der Waals surface area contributed by atoms with Crippen LogP contribution >= 0.6 is 23.2 Å². The van der Waals surface area contributed by atoms with Gasteiger partial charge in [-0.1, -0.05) is 47.5 Å². The second-order valence-electron chi connectivity index (χ2n) is 7.15. The van der Waals surface area contributed by atoms with E-state index in [2.05, 4.69) is 21.4 Å². The van der Waals surface area contributed by atoms with Gasteiger partial charge in [0.1, 0.15) is 12.4 Å². The molecule has 0 radical (unpaired) electrons. The van der Waals surface area contributed by atoms with Crippen LogP contribution in [0, 0.1) is 0 Å². The van der Waals surface area contributed by atoms with Gasteiger partial charge in [-0.15, -0.1) is 0 Å². The molecule has 0 aromatic heterocycles. The molecule has 1 aliphatic rings. The highest BCUT2D eigenvalue weighted by Crippen LogP contribution is 2.28. The maximum absolute atomic E-state index is 6.22. The van der Waals surface area contributed by atoms with Gasteiger partial charge < -0.3 is 15.4 Å². The molecule has 30 heavy (non-hydrogen) atoms. The number of hydrogen-bond acceptors (Lipinski definition) is 6. The second kappa shape index (κ2) is 8.42. The summed E-state index contributed by atoms with van der Waals surface area (Å²) in [5, 5.41) is 6.28. The van der Waals surface area contributed by atoms with Gasteiger partial charge in [-0.2, -0.15) is 0 Å². The molecule has 0 amide bonds. The quantitative estimate of drug-likeness (QED) is 0.621. The minimum absolute atomic E-state index is 0.350. The maximum Gasteiger partial charge on any atom is 0.202 e. The van der Waals surface area contributed by atoms with Crippen molar-refractivity contribution in [3.8, 4) is 5.75 Å². The first-order chi connectivity index (χ1) is 14.4. The normalized spacial score (nSPS) is 15.9. The van der Waals surface area contributed by atoms with Crippen LogP contribution in [0.4, 0.5) is 0 Å². The monoisotopic (exact) mass is 441 g/mol. The number of guanidine groups is 2. The van der Waals surface area contributed by atoms with Crippen LogP contribution in [0.3, 0.4) is 0 Å². The van der Waals surface area contributed by atoms with Crippen molar-refractivity contribution in [2.45, 2.75) is 12.8 Å². The number of benzene rings is 3. The molecule has 4 rings (SSSR count). The van der Waals surface area contributed by atoms with Crippen molar-refractivity contribution in [1.29, 1.82) is 0 Å². The number of rotatable bonds is 4. The van der Waals surface area contributed by atoms with Crippen molar-refractivity contribution in [2.75, 3.05) is 14.1 Å². The van der Waals surface area contributed by atoms with Crippen molar-refractivity contribution in [3.05, 3.63) is 75.8 Å². The first-order valence-electron chi connectivity index (χ1n) is 9.35. The molecule has 1 aliphatic heterocycles. The van der Waals surface area contributed by atoms with Crippen LogP contribution in [-0.2, 0) is 6.61 Å². The third-order valence-electron chi connectivity index (χ3n) is 4.71. The average molecular weight is 442 g/mol. The lowest BCUT2D eigenvalue weighted by molar-refractivity contribution is 0.307. The molecule has 1 heterocycles. The van der Waals surface area contributed by atoms with E-state index in [0.717, 1.165) is 27.6 Å². The number of ether oxygens (including phenoxy) is 1. The Bertz CT molecular complexity index is 1160. The van der Waals surface area contributed by atoms with Gasteiger partial charge >= 0.3 is 0 Å². The Balaban J connectivity index is 1.54. The van der Waals surface area contributed by atoms with Crippen LogP contribution in [0.15, 0.2) is 64.6 Å². The molecule has 0 bridgehead atoms. The lowest BCUT2D eigenvalue weighted by atomic mass is 10.1. The van der Waals surface area contributed by atoms with Gasteiger partial charge in [0.25, 0.3) is 0 Å². The predicted molar refractivity (Wildman–Crippen MR) is 123 cm³/mol. The van der Waals surface area contributed by atoms with E-state index in [0.29, 0.717) is 28.6 Å². The van der Waals surface area contributed by atoms with Crippen LogP contribution in [0.25, 0.3) is 10.8 Å². The highest BCUT2D eigenvalue weighted by atomic mass is 35.5. The topological polar surface area (TPSA) is 75.2 Å². The number of halogens is 2. The van der Waals surface area contributed by atoms with Crippen LogP contribution < -0.4 is 15.8 Å². The van der Waals surface area contributed by atoms with Crippen molar-refractivity contribution >= 4 is 45.9 Å². The summed E-state index contributed by atoms with van der Waals surface area (Å²) in [6.07, 6.45) is -0.379. The van der Waals surface area contributed by atoms with E-state index in [1.807, 2.05) is 55.4 Å². The SMILES string of the molecule is CN(C)C1=NC(c2ccc3cc(OCc4ccc(Cl)cc4Cl)ccc3c2)N=C(N)N1. The molecule has 3 N–H and O–H groups in total. The molecular weight excluding hydrogens is 421 g/mol. The highest BCUT2D eigenvalue weighted by Gasteiger charge is 2.18. The predicted octanol–water partition coefficient (Wildman–Crippen LogP) is 4.56. The molecule has 6 nitrogen and oxygen atoms in total. The second-order valence-corrected chi connectivity index (χ2v) is 8.00. The van der Waals surface area contributed by atoms with E-state index in [4.69, 9.17) is 33.7 Å². The van der Waals surface area contributed by atoms with E-state index in [9.17, 15) is 0 Å². The number of nitrogens with zero attached hydrogens (tertiary/aromatic N) is 3. The first-order valence-corrected chi connectivity index (χ1v) is 10.1. The molecule has 0 fully saturated rings. The van der Waals surface area contributed by atoms with Crippen molar-refractivity contribution in [2.24, 2.45) is 15.7 Å². The average Bonchev–Trinajstić information content (AvgIpc) is 2.72. The summed E-state index contributed by atoms with van der Waals surface area (Å²) in [5.41, 5.74) is 7.77. The van der Waals surface area contributed by atoms with Gasteiger partial charge in [-0.25, -0.2) is 9.98 Å². The molecular formula is C22H21Cl2N5O. The molecule has 0 spiro atoms. The fourth-order valence-corrected chi connectivity index (χ4v) is 3.59. The van der Waals surface area contributed by atoms with Crippen molar-refractivity contribution in [1.82, 2.24) is 10.2 Å². The molecule has 3 aromatic carbocycles. The third kappa shape index (κ3) is 4.45. The minimum Gasteiger partial charge on any atom is -0.489 e. The van der Waals surface area contributed by atoms with E-state index >= 15 is 0 Å². The smallest absolute Gasteiger partial charge is 0.202 e. The van der Waals surface area contributed by atoms with Gasteiger partial charge in [0.15, 0.2) is 12.1 Å². The van der Waals surface area contributed by atoms with Crippen molar-refractivity contribution in [3.63, 3.8) is 0 Å². The van der Waals surface area contributed by atoms with E-state index in [-0.39, 0.29) is 6.17 Å². The summed E-state index contributed by atoms with van der Waals surface area (Å²) in [7, 11) is 3.81. The van der Waals surface area contributed by atoms with Gasteiger partial charge in [0.2, 0.25) is 5.96 Å². The van der Waals surface area contributed by atoms with E-state index < -0.39 is 0 Å². The molecule has 1 atom stereocenters. The van der Waals surface area contributed by atoms with Crippen LogP contribution in [0.2, 0.25) is 10.0 Å². The largest absolute Gasteiger partial charge is 0.489 e. The van der Waals surface area contributed by atoms with Gasteiger partial charge in [0.05, 0.1) is 0 Å². The molecule has 1 unspecified atom stereocenters. The zero-order chi connectivity index (χ0) is 21.3. The van der Waals surface area contributed by atoms with Gasteiger partial charge in [-0.3, -0.25) is 5.32 Å². The third-order valence-corrected chi connectivity index (χ3v) is 5.30. The Kier molecular flexibility index (Phi) is 5.70. The molecule has 0 aliphatic carbocycles. The Labute approximate surface area is 185 Å². The summed E-state index contributed by atoms with van der Waals surface area (Å²) in [4.78, 5) is 10.9. The molecule has 0 saturated carbocycles. The zero-order valence-electron chi connectivity index (χ0n) is 16.6. The zero-order valence-corrected chi connectivity index (χ0v) is 18.1. The van der Waals surface area contributed by atoms with E-state index in [1.165, 1.54) is 0 Å². The van der Waals surface area contributed by atoms with Crippen LogP contribution in [0.5, 0.6) is 5.75 Å².